The third kappa shape index (κ3) is 24.0. The Morgan fingerprint density at radius 3 is 0.450 bits per heavy atom. The van der Waals surface area contributed by atoms with E-state index in [0.29, 0.717) is 59.6 Å². The Morgan fingerprint density at radius 2 is 0.290 bits per heavy atom. The average molecular weight is 1400 g/mol. The maximum Gasteiger partial charge on any atom is -0.0276 e. The van der Waals surface area contributed by atoms with Crippen molar-refractivity contribution in [1.82, 2.24) is 0 Å². The van der Waals surface area contributed by atoms with Gasteiger partial charge in [0.05, 0.1) is 0 Å². The summed E-state index contributed by atoms with van der Waals surface area (Å²) >= 11 is 0. The van der Waals surface area contributed by atoms with Gasteiger partial charge in [0, 0.05) is 0 Å². The number of rotatable bonds is 58. The molecule has 0 spiro atoms. The molecule has 0 heteroatoms. The third-order valence-corrected chi connectivity index (χ3v) is 37.2. The van der Waals surface area contributed by atoms with E-state index >= 15 is 0 Å². The van der Waals surface area contributed by atoms with Crippen molar-refractivity contribution in [2.75, 3.05) is 0 Å². The quantitative estimate of drug-likeness (QED) is 0.0569. The molecule has 1 unspecified atom stereocenters. The standard InChI is InChI=1S/C100H200/c1-33-85(34-2,35-3)70-97(71-86(36-4,37-5)38-6,72-87(39-7,40-8)41-9)81-96(82-98(73-88(42-10,43-11)44-12,74-89(45-13,46-14)47-15)75-90(48-16,49-17)50-18)69-67-65-66-68-95(63-31,64-32)80-100(83-96,79-94(60-28,61-29)62-30)84-99(76-91(51-19,52-20)53-21,77-92(54-22,55-23)56-24)78-93(57-25,58-26)59-27/h33-84H2,1-32H3. The highest BCUT2D eigenvalue weighted by Crippen LogP contribution is 2.72. The van der Waals surface area contributed by atoms with E-state index in [9.17, 15) is 0 Å². The molecule has 1 rings (SSSR count). The molecule has 1 saturated carbocycles. The van der Waals surface area contributed by atoms with Crippen LogP contribution in [0.25, 0.3) is 0 Å². The largest absolute Gasteiger partial charge is 0.0649 e. The molecule has 0 nitrogen and oxygen atoms in total. The Hall–Kier alpha value is 0. The molecule has 0 N–H and O–H groups in total. The Bertz CT molecular complexity index is 1740. The lowest BCUT2D eigenvalue weighted by Crippen LogP contribution is -2.51. The van der Waals surface area contributed by atoms with Crippen LogP contribution in [0.3, 0.4) is 0 Å². The van der Waals surface area contributed by atoms with Gasteiger partial charge in [0.25, 0.3) is 0 Å². The van der Waals surface area contributed by atoms with Gasteiger partial charge in [0.1, 0.15) is 0 Å². The lowest BCUT2D eigenvalue weighted by Gasteiger charge is -2.63. The van der Waals surface area contributed by atoms with Crippen LogP contribution >= 0.6 is 0 Å². The lowest BCUT2D eigenvalue weighted by atomic mass is 9.42. The smallest absolute Gasteiger partial charge is 0.0276 e. The van der Waals surface area contributed by atoms with Crippen molar-refractivity contribution in [2.24, 2.45) is 86.6 Å². The maximum atomic E-state index is 2.76. The SMILES string of the molecule is CCC(CC)(CC)CC(CC(CC)(CC)CC)(CC(CC)(CC)CC)CC1(CC(CC(CC)(CC)CC)(CC(CC)(CC)CC)CC(CC)(CC)CC)CCCCCC(CC)(CC)CC(CC(CC)(CC)CC)(CC(CC(CC)(CC)CC)(CC(CC)(CC)CC)CC(CC)(CC)CC)C1. The van der Waals surface area contributed by atoms with Gasteiger partial charge in [-0.25, -0.2) is 0 Å². The Balaban J connectivity index is 6.48. The van der Waals surface area contributed by atoms with Gasteiger partial charge < -0.3 is 0 Å². The second-order valence-electron chi connectivity index (χ2n) is 39.5. The van der Waals surface area contributed by atoms with Gasteiger partial charge in [-0.15, -0.1) is 0 Å². The average Bonchev–Trinajstić information content (AvgIpc) is 0.730. The maximum absolute atomic E-state index is 2.76. The van der Waals surface area contributed by atoms with E-state index < -0.39 is 0 Å². The molecule has 0 aromatic carbocycles. The van der Waals surface area contributed by atoms with Crippen molar-refractivity contribution >= 4 is 0 Å². The summed E-state index contributed by atoms with van der Waals surface area (Å²) in [6.07, 6.45) is 71.3. The van der Waals surface area contributed by atoms with Crippen molar-refractivity contribution in [3.63, 3.8) is 0 Å². The van der Waals surface area contributed by atoms with Crippen LogP contribution in [0.5, 0.6) is 0 Å². The molecule has 0 amide bonds. The molecule has 0 heterocycles. The van der Waals surface area contributed by atoms with E-state index in [4.69, 9.17) is 0 Å². The first-order valence-electron chi connectivity index (χ1n) is 47.3. The summed E-state index contributed by atoms with van der Waals surface area (Å²) < 4.78 is 0. The topological polar surface area (TPSA) is 0 Å². The van der Waals surface area contributed by atoms with E-state index in [-0.39, 0.29) is 27.1 Å². The van der Waals surface area contributed by atoms with Crippen LogP contribution in [0, 0.1) is 86.6 Å². The summed E-state index contributed by atoms with van der Waals surface area (Å²) in [6.45, 7) is 86.2. The highest BCUT2D eigenvalue weighted by atomic mass is 14.7. The molecule has 0 aliphatic heterocycles. The fourth-order valence-electron chi connectivity index (χ4n) is 27.3. The third-order valence-electron chi connectivity index (χ3n) is 37.2. The molecule has 0 bridgehead atoms. The first-order valence-corrected chi connectivity index (χ1v) is 47.3. The van der Waals surface area contributed by atoms with Crippen LogP contribution in [-0.4, -0.2) is 0 Å². The molecule has 0 radical (unpaired) electrons. The fourth-order valence-corrected chi connectivity index (χ4v) is 27.3. The van der Waals surface area contributed by atoms with Crippen LogP contribution in [-0.2, 0) is 0 Å². The Morgan fingerprint density at radius 1 is 0.150 bits per heavy atom. The van der Waals surface area contributed by atoms with Crippen molar-refractivity contribution in [1.29, 1.82) is 0 Å². The summed E-state index contributed by atoms with van der Waals surface area (Å²) in [5.41, 5.74) is 4.49. The van der Waals surface area contributed by atoms with E-state index in [0.717, 1.165) is 0 Å². The molecule has 1 atom stereocenters. The molecular formula is C100H200. The van der Waals surface area contributed by atoms with Gasteiger partial charge in [-0.2, -0.15) is 0 Å². The second kappa shape index (κ2) is 43.4. The molecular weight excluding hydrogens is 1200 g/mol. The summed E-state index contributed by atoms with van der Waals surface area (Å²) in [5, 5.41) is 0. The zero-order chi connectivity index (χ0) is 76.8. The van der Waals surface area contributed by atoms with E-state index in [1.165, 1.54) is 334 Å². The fraction of sp³-hybridized carbons (Fsp3) is 1.00. The number of hydrogen-bond donors (Lipinski definition) is 0. The van der Waals surface area contributed by atoms with E-state index in [1.807, 2.05) is 0 Å². The minimum atomic E-state index is 0.148. The van der Waals surface area contributed by atoms with E-state index in [1.54, 1.807) is 0 Å². The van der Waals surface area contributed by atoms with Crippen LogP contribution in [0.1, 0.15) is 555 Å². The van der Waals surface area contributed by atoms with Gasteiger partial charge >= 0.3 is 0 Å². The molecule has 1 aliphatic rings. The summed E-state index contributed by atoms with van der Waals surface area (Å²) in [7, 11) is 0. The summed E-state index contributed by atoms with van der Waals surface area (Å²) in [5.74, 6) is 0. The molecule has 1 aliphatic carbocycles. The minimum absolute atomic E-state index is 0.148. The predicted octanol–water partition coefficient (Wildman–Crippen LogP) is 36.7. The minimum Gasteiger partial charge on any atom is -0.0649 e. The second-order valence-corrected chi connectivity index (χ2v) is 39.5. The number of hydrogen-bond acceptors (Lipinski definition) is 0. The van der Waals surface area contributed by atoms with Gasteiger partial charge in [-0.1, -0.05) is 446 Å². The van der Waals surface area contributed by atoms with Gasteiger partial charge in [0.2, 0.25) is 0 Å². The van der Waals surface area contributed by atoms with Crippen molar-refractivity contribution in [3.05, 3.63) is 0 Å². The molecule has 100 heavy (non-hydrogen) atoms. The molecule has 0 saturated heterocycles. The van der Waals surface area contributed by atoms with Crippen LogP contribution in [0.15, 0.2) is 0 Å². The van der Waals surface area contributed by atoms with Gasteiger partial charge in [-0.3, -0.25) is 0 Å². The Kier molecular flexibility index (Phi) is 42.5. The molecule has 1 fully saturated rings. The van der Waals surface area contributed by atoms with Crippen LogP contribution < -0.4 is 0 Å². The molecule has 0 aromatic rings. The normalized spacial score (nSPS) is 18.1. The lowest BCUT2D eigenvalue weighted by molar-refractivity contribution is -0.119. The zero-order valence-electron chi connectivity index (χ0n) is 76.8. The molecule has 600 valence electrons. The van der Waals surface area contributed by atoms with E-state index in [2.05, 4.69) is 222 Å². The van der Waals surface area contributed by atoms with Crippen LogP contribution in [0.4, 0.5) is 0 Å². The van der Waals surface area contributed by atoms with Gasteiger partial charge in [0.15, 0.2) is 0 Å². The predicted molar refractivity (Wildman–Crippen MR) is 461 cm³/mol. The first-order chi connectivity index (χ1) is 47.3. The molecule has 0 aromatic heterocycles. The first kappa shape index (κ1) is 98.0. The zero-order valence-corrected chi connectivity index (χ0v) is 76.8. The Labute approximate surface area is 638 Å². The van der Waals surface area contributed by atoms with Crippen molar-refractivity contribution < 1.29 is 0 Å². The van der Waals surface area contributed by atoms with Crippen LogP contribution in [0.2, 0.25) is 0 Å². The van der Waals surface area contributed by atoms with Crippen molar-refractivity contribution in [2.45, 2.75) is 555 Å². The monoisotopic (exact) mass is 1400 g/mol. The van der Waals surface area contributed by atoms with Gasteiger partial charge in [-0.05, 0) is 196 Å². The summed E-state index contributed by atoms with van der Waals surface area (Å²) in [4.78, 5) is 0. The highest BCUT2D eigenvalue weighted by molar-refractivity contribution is 5.12. The summed E-state index contributed by atoms with van der Waals surface area (Å²) in [6, 6.07) is 0. The van der Waals surface area contributed by atoms with Crippen molar-refractivity contribution in [3.8, 4) is 0 Å². The highest BCUT2D eigenvalue weighted by Gasteiger charge is 2.61.